The zero-order valence-electron chi connectivity index (χ0n) is 22.6. The molecule has 1 aliphatic rings. The molecule has 1 amide bonds. The van der Waals surface area contributed by atoms with E-state index in [1.165, 1.54) is 5.56 Å². The number of nitrogens with zero attached hydrogens (tertiary/aromatic N) is 2. The van der Waals surface area contributed by atoms with Gasteiger partial charge in [0.2, 0.25) is 0 Å². The van der Waals surface area contributed by atoms with Crippen LogP contribution in [-0.2, 0) is 22.6 Å². The lowest BCUT2D eigenvalue weighted by molar-refractivity contribution is -0.139. The fraction of sp³-hybridized carbons (Fsp3) is 0.312. The van der Waals surface area contributed by atoms with Crippen molar-refractivity contribution in [2.45, 2.75) is 39.3 Å². The van der Waals surface area contributed by atoms with Gasteiger partial charge in [0, 0.05) is 12.1 Å². The van der Waals surface area contributed by atoms with Gasteiger partial charge in [-0.15, -0.1) is 0 Å². The monoisotopic (exact) mass is 512 g/mol. The van der Waals surface area contributed by atoms with E-state index in [2.05, 4.69) is 6.92 Å². The van der Waals surface area contributed by atoms with Crippen LogP contribution >= 0.6 is 0 Å². The van der Waals surface area contributed by atoms with Gasteiger partial charge in [-0.1, -0.05) is 55.5 Å². The maximum Gasteiger partial charge on any atom is 0.295 e. The van der Waals surface area contributed by atoms with E-state index in [9.17, 15) is 14.7 Å². The summed E-state index contributed by atoms with van der Waals surface area (Å²) < 4.78 is 5.93. The van der Waals surface area contributed by atoms with Gasteiger partial charge < -0.3 is 19.6 Å². The molecule has 1 unspecified atom stereocenters. The molecule has 1 heterocycles. The van der Waals surface area contributed by atoms with Crippen LogP contribution < -0.4 is 4.74 Å². The molecule has 4 rings (SSSR count). The number of benzene rings is 3. The summed E-state index contributed by atoms with van der Waals surface area (Å²) in [5.41, 5.74) is 4.82. The Morgan fingerprint density at radius 3 is 2.29 bits per heavy atom. The van der Waals surface area contributed by atoms with Crippen molar-refractivity contribution in [3.8, 4) is 5.75 Å². The summed E-state index contributed by atoms with van der Waals surface area (Å²) in [6, 6.07) is 22.3. The Labute approximate surface area is 225 Å². The number of carbonyl (C=O) groups is 2. The highest BCUT2D eigenvalue weighted by Crippen LogP contribution is 2.39. The van der Waals surface area contributed by atoms with Crippen LogP contribution in [0.4, 0.5) is 0 Å². The Bertz CT molecular complexity index is 1310. The molecule has 1 atom stereocenters. The highest BCUT2D eigenvalue weighted by atomic mass is 16.5. The molecule has 0 aliphatic carbocycles. The van der Waals surface area contributed by atoms with Crippen molar-refractivity contribution in [3.05, 3.63) is 106 Å². The SMILES string of the molecule is CCc1ccc(C2C(=C(O)c3ccc(OCc4ccccc4C)cc3)C(=O)C(=O)N2CCCN(C)C)cc1. The summed E-state index contributed by atoms with van der Waals surface area (Å²) in [6.45, 7) is 5.77. The molecule has 0 bridgehead atoms. The molecule has 38 heavy (non-hydrogen) atoms. The number of ether oxygens (including phenoxy) is 1. The van der Waals surface area contributed by atoms with Gasteiger partial charge in [-0.3, -0.25) is 9.59 Å². The van der Waals surface area contributed by atoms with Gasteiger partial charge in [0.15, 0.2) is 0 Å². The molecule has 1 fully saturated rings. The number of aliphatic hydroxyl groups is 1. The fourth-order valence-corrected chi connectivity index (χ4v) is 4.75. The molecule has 1 N–H and O–H groups in total. The second-order valence-electron chi connectivity index (χ2n) is 9.98. The van der Waals surface area contributed by atoms with Crippen LogP contribution in [0.1, 0.15) is 47.2 Å². The lowest BCUT2D eigenvalue weighted by atomic mass is 9.94. The number of rotatable bonds is 10. The molecule has 3 aromatic rings. The zero-order valence-corrected chi connectivity index (χ0v) is 22.6. The van der Waals surface area contributed by atoms with Crippen LogP contribution in [0.5, 0.6) is 5.75 Å². The van der Waals surface area contributed by atoms with Gasteiger partial charge in [0.1, 0.15) is 18.1 Å². The predicted octanol–water partition coefficient (Wildman–Crippen LogP) is 5.51. The third-order valence-electron chi connectivity index (χ3n) is 7.03. The van der Waals surface area contributed by atoms with E-state index in [-0.39, 0.29) is 11.3 Å². The van der Waals surface area contributed by atoms with Crippen molar-refractivity contribution >= 4 is 17.4 Å². The molecule has 1 aliphatic heterocycles. The smallest absolute Gasteiger partial charge is 0.295 e. The zero-order chi connectivity index (χ0) is 27.2. The third-order valence-corrected chi connectivity index (χ3v) is 7.03. The van der Waals surface area contributed by atoms with Gasteiger partial charge in [0.25, 0.3) is 11.7 Å². The standard InChI is InChI=1S/C32H36N2O4/c1-5-23-11-13-24(14-12-23)29-28(31(36)32(37)34(29)20-8-19-33(3)4)30(35)25-15-17-27(18-16-25)38-21-26-10-7-6-9-22(26)2/h6-7,9-18,29,35H,5,8,19-21H2,1-4H3. The maximum atomic E-state index is 13.2. The van der Waals surface area contributed by atoms with Crippen LogP contribution in [0, 0.1) is 6.92 Å². The molecule has 3 aromatic carbocycles. The number of aryl methyl sites for hydroxylation is 2. The van der Waals surface area contributed by atoms with E-state index in [1.54, 1.807) is 29.2 Å². The largest absolute Gasteiger partial charge is 0.507 e. The second-order valence-corrected chi connectivity index (χ2v) is 9.98. The lowest BCUT2D eigenvalue weighted by Crippen LogP contribution is -2.32. The number of hydrogen-bond acceptors (Lipinski definition) is 5. The van der Waals surface area contributed by atoms with Crippen LogP contribution in [0.25, 0.3) is 5.76 Å². The predicted molar refractivity (Wildman–Crippen MR) is 150 cm³/mol. The number of carbonyl (C=O) groups excluding carboxylic acids is 2. The number of hydrogen-bond donors (Lipinski definition) is 1. The summed E-state index contributed by atoms with van der Waals surface area (Å²) in [4.78, 5) is 30.0. The Balaban J connectivity index is 1.63. The average molecular weight is 513 g/mol. The topological polar surface area (TPSA) is 70.1 Å². The molecule has 0 radical (unpaired) electrons. The van der Waals surface area contributed by atoms with E-state index in [4.69, 9.17) is 4.74 Å². The van der Waals surface area contributed by atoms with Crippen molar-refractivity contribution in [1.29, 1.82) is 0 Å². The van der Waals surface area contributed by atoms with Crippen molar-refractivity contribution in [3.63, 3.8) is 0 Å². The summed E-state index contributed by atoms with van der Waals surface area (Å²) in [7, 11) is 3.95. The van der Waals surface area contributed by atoms with Gasteiger partial charge in [0.05, 0.1) is 11.6 Å². The molecule has 0 spiro atoms. The van der Waals surface area contributed by atoms with Crippen LogP contribution in [-0.4, -0.2) is 53.8 Å². The van der Waals surface area contributed by atoms with Crippen molar-refractivity contribution in [1.82, 2.24) is 9.80 Å². The van der Waals surface area contributed by atoms with Crippen LogP contribution in [0.15, 0.2) is 78.4 Å². The normalized spacial score (nSPS) is 16.9. The van der Waals surface area contributed by atoms with Crippen LogP contribution in [0.2, 0.25) is 0 Å². The molecule has 6 nitrogen and oxygen atoms in total. The Hall–Kier alpha value is -3.90. The minimum Gasteiger partial charge on any atom is -0.507 e. The van der Waals surface area contributed by atoms with Gasteiger partial charge in [-0.25, -0.2) is 0 Å². The van der Waals surface area contributed by atoms with E-state index in [1.807, 2.05) is 74.4 Å². The van der Waals surface area contributed by atoms with Gasteiger partial charge in [-0.2, -0.15) is 0 Å². The minimum atomic E-state index is -0.656. The molecular weight excluding hydrogens is 476 g/mol. The molecular formula is C32H36N2O4. The molecule has 6 heteroatoms. The molecule has 0 saturated carbocycles. The third kappa shape index (κ3) is 5.97. The number of amides is 1. The van der Waals surface area contributed by atoms with E-state index in [0.29, 0.717) is 24.5 Å². The summed E-state index contributed by atoms with van der Waals surface area (Å²) in [6.07, 6.45) is 1.61. The molecule has 198 valence electrons. The van der Waals surface area contributed by atoms with E-state index >= 15 is 0 Å². The first-order chi connectivity index (χ1) is 18.3. The van der Waals surface area contributed by atoms with E-state index < -0.39 is 17.7 Å². The number of ketones is 1. The van der Waals surface area contributed by atoms with Gasteiger partial charge >= 0.3 is 0 Å². The summed E-state index contributed by atoms with van der Waals surface area (Å²) >= 11 is 0. The van der Waals surface area contributed by atoms with Crippen molar-refractivity contribution < 1.29 is 19.4 Å². The van der Waals surface area contributed by atoms with Crippen LogP contribution in [0.3, 0.4) is 0 Å². The maximum absolute atomic E-state index is 13.2. The molecule has 0 aromatic heterocycles. The minimum absolute atomic E-state index is 0.123. The summed E-state index contributed by atoms with van der Waals surface area (Å²) in [5, 5.41) is 11.3. The van der Waals surface area contributed by atoms with Crippen molar-refractivity contribution in [2.24, 2.45) is 0 Å². The number of likely N-dealkylation sites (tertiary alicyclic amines) is 1. The Morgan fingerprint density at radius 1 is 0.974 bits per heavy atom. The highest BCUT2D eigenvalue weighted by molar-refractivity contribution is 6.46. The van der Waals surface area contributed by atoms with E-state index in [0.717, 1.165) is 36.1 Å². The highest BCUT2D eigenvalue weighted by Gasteiger charge is 2.45. The first-order valence-corrected chi connectivity index (χ1v) is 13.1. The second kappa shape index (κ2) is 12.1. The first kappa shape index (κ1) is 27.1. The lowest BCUT2D eigenvalue weighted by Gasteiger charge is -2.26. The quantitative estimate of drug-likeness (QED) is 0.220. The first-order valence-electron chi connectivity index (χ1n) is 13.1. The Kier molecular flexibility index (Phi) is 8.64. The fourth-order valence-electron chi connectivity index (χ4n) is 4.75. The average Bonchev–Trinajstić information content (AvgIpc) is 3.17. The Morgan fingerprint density at radius 2 is 1.66 bits per heavy atom. The van der Waals surface area contributed by atoms with Crippen molar-refractivity contribution in [2.75, 3.05) is 27.2 Å². The number of aliphatic hydroxyl groups excluding tert-OH is 1. The van der Waals surface area contributed by atoms with Gasteiger partial charge in [-0.05, 0) is 86.9 Å². The number of Topliss-reactive ketones (excluding diaryl/α,β-unsaturated/α-hetero) is 1. The molecule has 1 saturated heterocycles. The summed E-state index contributed by atoms with van der Waals surface area (Å²) in [5.74, 6) is -0.751.